The van der Waals surface area contributed by atoms with Crippen LogP contribution >= 0.6 is 0 Å². The first-order valence-electron chi connectivity index (χ1n) is 6.52. The first-order valence-corrected chi connectivity index (χ1v) is 6.52. The number of fused-ring (bicyclic) bond motifs is 1. The Balaban J connectivity index is 1.85. The average Bonchev–Trinajstić information content (AvgIpc) is 2.84. The number of carboxylic acid groups (broad SMARTS) is 1. The maximum absolute atomic E-state index is 12.0. The largest absolute Gasteiger partial charge is 0.481 e. The van der Waals surface area contributed by atoms with E-state index in [4.69, 9.17) is 9.84 Å². The molecular formula is C12H18N2O5. The standard InChI is InChI=1S/C12H18N2O5/c15-10(4-5-11(16)17)13-12(18)14-6-7-19-9-3-1-2-8(9)14/h8-9H,1-7H2,(H,16,17)(H,13,15,18). The van der Waals surface area contributed by atoms with Crippen LogP contribution in [0.25, 0.3) is 0 Å². The highest BCUT2D eigenvalue weighted by atomic mass is 16.5. The van der Waals surface area contributed by atoms with Gasteiger partial charge in [0.1, 0.15) is 0 Å². The zero-order chi connectivity index (χ0) is 13.8. The van der Waals surface area contributed by atoms with Gasteiger partial charge < -0.3 is 14.7 Å². The third kappa shape index (κ3) is 3.44. The van der Waals surface area contributed by atoms with Crippen molar-refractivity contribution in [1.29, 1.82) is 0 Å². The van der Waals surface area contributed by atoms with E-state index in [0.717, 1.165) is 19.3 Å². The van der Waals surface area contributed by atoms with Crippen LogP contribution in [0.1, 0.15) is 32.1 Å². The Morgan fingerprint density at radius 2 is 2.05 bits per heavy atom. The molecule has 0 radical (unpaired) electrons. The SMILES string of the molecule is O=C(O)CCC(=O)NC(=O)N1CCOC2CCCC21. The van der Waals surface area contributed by atoms with Gasteiger partial charge in [-0.15, -0.1) is 0 Å². The topological polar surface area (TPSA) is 95.9 Å². The molecule has 2 aliphatic rings. The van der Waals surface area contributed by atoms with Crippen molar-refractivity contribution in [2.24, 2.45) is 0 Å². The Bertz CT molecular complexity index is 384. The van der Waals surface area contributed by atoms with E-state index >= 15 is 0 Å². The summed E-state index contributed by atoms with van der Waals surface area (Å²) in [4.78, 5) is 35.4. The molecule has 2 atom stereocenters. The number of nitrogens with one attached hydrogen (secondary N) is 1. The molecule has 2 rings (SSSR count). The normalized spacial score (nSPS) is 25.8. The second-order valence-electron chi connectivity index (χ2n) is 4.85. The molecule has 2 unspecified atom stereocenters. The van der Waals surface area contributed by atoms with Gasteiger partial charge in [0.15, 0.2) is 0 Å². The van der Waals surface area contributed by atoms with Gasteiger partial charge in [0.25, 0.3) is 0 Å². The van der Waals surface area contributed by atoms with Gasteiger partial charge in [-0.2, -0.15) is 0 Å². The predicted molar refractivity (Wildman–Crippen MR) is 64.5 cm³/mol. The molecule has 1 aliphatic carbocycles. The van der Waals surface area contributed by atoms with Crippen molar-refractivity contribution >= 4 is 17.9 Å². The number of ether oxygens (including phenoxy) is 1. The zero-order valence-corrected chi connectivity index (χ0v) is 10.6. The van der Waals surface area contributed by atoms with E-state index in [1.165, 1.54) is 0 Å². The number of nitrogens with zero attached hydrogens (tertiary/aromatic N) is 1. The highest BCUT2D eigenvalue weighted by Crippen LogP contribution is 2.29. The van der Waals surface area contributed by atoms with Gasteiger partial charge in [-0.05, 0) is 19.3 Å². The molecule has 1 aliphatic heterocycles. The van der Waals surface area contributed by atoms with E-state index in [1.54, 1.807) is 4.90 Å². The van der Waals surface area contributed by atoms with Gasteiger partial charge in [0.05, 0.1) is 25.2 Å². The molecular weight excluding hydrogens is 252 g/mol. The molecule has 1 saturated heterocycles. The maximum atomic E-state index is 12.0. The molecule has 0 spiro atoms. The lowest BCUT2D eigenvalue weighted by atomic mass is 10.1. The first-order chi connectivity index (χ1) is 9.08. The van der Waals surface area contributed by atoms with Crippen molar-refractivity contribution in [3.8, 4) is 0 Å². The predicted octanol–water partition coefficient (Wildman–Crippen LogP) is 0.341. The summed E-state index contributed by atoms with van der Waals surface area (Å²) in [7, 11) is 0. The number of urea groups is 1. The Morgan fingerprint density at radius 3 is 2.79 bits per heavy atom. The third-order valence-electron chi connectivity index (χ3n) is 3.56. The van der Waals surface area contributed by atoms with Crippen molar-refractivity contribution < 1.29 is 24.2 Å². The monoisotopic (exact) mass is 270 g/mol. The fraction of sp³-hybridized carbons (Fsp3) is 0.750. The summed E-state index contributed by atoms with van der Waals surface area (Å²) in [5.74, 6) is -1.60. The molecule has 0 aromatic heterocycles. The van der Waals surface area contributed by atoms with E-state index < -0.39 is 17.9 Å². The molecule has 0 aromatic rings. The fourth-order valence-corrected chi connectivity index (χ4v) is 2.65. The summed E-state index contributed by atoms with van der Waals surface area (Å²) in [5, 5.41) is 10.7. The minimum atomic E-state index is -1.05. The Morgan fingerprint density at radius 1 is 1.26 bits per heavy atom. The molecule has 19 heavy (non-hydrogen) atoms. The minimum Gasteiger partial charge on any atom is -0.481 e. The van der Waals surface area contributed by atoms with E-state index in [-0.39, 0.29) is 25.0 Å². The molecule has 7 heteroatoms. The van der Waals surface area contributed by atoms with Crippen LogP contribution in [0.3, 0.4) is 0 Å². The Hall–Kier alpha value is -1.63. The summed E-state index contributed by atoms with van der Waals surface area (Å²) < 4.78 is 5.58. The Labute approximate surface area is 110 Å². The second kappa shape index (κ2) is 6.01. The lowest BCUT2D eigenvalue weighted by Gasteiger charge is -2.37. The van der Waals surface area contributed by atoms with Crippen LogP contribution in [-0.4, -0.2) is 53.2 Å². The molecule has 3 amide bonds. The maximum Gasteiger partial charge on any atom is 0.324 e. The average molecular weight is 270 g/mol. The summed E-state index contributed by atoms with van der Waals surface area (Å²) >= 11 is 0. The minimum absolute atomic E-state index is 0.0426. The number of imide groups is 1. The van der Waals surface area contributed by atoms with Crippen LogP contribution in [-0.2, 0) is 14.3 Å². The molecule has 0 bridgehead atoms. The summed E-state index contributed by atoms with van der Waals surface area (Å²) in [6.45, 7) is 0.955. The third-order valence-corrected chi connectivity index (χ3v) is 3.56. The Kier molecular flexibility index (Phi) is 4.36. The van der Waals surface area contributed by atoms with Gasteiger partial charge in [-0.1, -0.05) is 0 Å². The van der Waals surface area contributed by atoms with Gasteiger partial charge in [-0.25, -0.2) is 4.79 Å². The smallest absolute Gasteiger partial charge is 0.324 e. The summed E-state index contributed by atoms with van der Waals surface area (Å²) in [5.41, 5.74) is 0. The molecule has 0 aromatic carbocycles. The number of rotatable bonds is 3. The summed E-state index contributed by atoms with van der Waals surface area (Å²) in [6.07, 6.45) is 2.48. The van der Waals surface area contributed by atoms with Crippen LogP contribution in [0.5, 0.6) is 0 Å². The molecule has 2 N–H and O–H groups in total. The lowest BCUT2D eigenvalue weighted by molar-refractivity contribution is -0.138. The van der Waals surface area contributed by atoms with Crippen molar-refractivity contribution in [2.45, 2.75) is 44.2 Å². The molecule has 7 nitrogen and oxygen atoms in total. The number of amides is 3. The van der Waals surface area contributed by atoms with E-state index in [9.17, 15) is 14.4 Å². The van der Waals surface area contributed by atoms with E-state index in [1.807, 2.05) is 0 Å². The highest BCUT2D eigenvalue weighted by molar-refractivity contribution is 5.95. The van der Waals surface area contributed by atoms with Crippen molar-refractivity contribution in [1.82, 2.24) is 10.2 Å². The molecule has 1 heterocycles. The summed E-state index contributed by atoms with van der Waals surface area (Å²) in [6, 6.07) is -0.392. The quantitative estimate of drug-likeness (QED) is 0.771. The van der Waals surface area contributed by atoms with Gasteiger partial charge in [0.2, 0.25) is 5.91 Å². The van der Waals surface area contributed by atoms with Crippen LogP contribution in [0.4, 0.5) is 4.79 Å². The number of carbonyl (C=O) groups excluding carboxylic acids is 2. The van der Waals surface area contributed by atoms with Crippen molar-refractivity contribution in [3.63, 3.8) is 0 Å². The van der Waals surface area contributed by atoms with Gasteiger partial charge >= 0.3 is 12.0 Å². The van der Waals surface area contributed by atoms with Gasteiger partial charge in [0, 0.05) is 13.0 Å². The number of hydrogen-bond acceptors (Lipinski definition) is 4. The molecule has 106 valence electrons. The molecule has 2 fully saturated rings. The second-order valence-corrected chi connectivity index (χ2v) is 4.85. The molecule has 1 saturated carbocycles. The zero-order valence-electron chi connectivity index (χ0n) is 10.6. The number of carbonyl (C=O) groups is 3. The fourth-order valence-electron chi connectivity index (χ4n) is 2.65. The lowest BCUT2D eigenvalue weighted by Crippen LogP contribution is -2.55. The number of hydrogen-bond donors (Lipinski definition) is 2. The van der Waals surface area contributed by atoms with Crippen molar-refractivity contribution in [2.75, 3.05) is 13.2 Å². The highest BCUT2D eigenvalue weighted by Gasteiger charge is 2.38. The van der Waals surface area contributed by atoms with Gasteiger partial charge in [-0.3, -0.25) is 14.9 Å². The number of aliphatic carboxylic acids is 1. The van der Waals surface area contributed by atoms with Crippen LogP contribution < -0.4 is 5.32 Å². The van der Waals surface area contributed by atoms with Crippen molar-refractivity contribution in [3.05, 3.63) is 0 Å². The number of carboxylic acids is 1. The van der Waals surface area contributed by atoms with Crippen LogP contribution in [0.15, 0.2) is 0 Å². The van der Waals surface area contributed by atoms with E-state index in [2.05, 4.69) is 5.32 Å². The number of morpholine rings is 1. The van der Waals surface area contributed by atoms with E-state index in [0.29, 0.717) is 13.2 Å². The van der Waals surface area contributed by atoms with Crippen LogP contribution in [0, 0.1) is 0 Å². The van der Waals surface area contributed by atoms with Crippen LogP contribution in [0.2, 0.25) is 0 Å². The first kappa shape index (κ1) is 13.8.